The van der Waals surface area contributed by atoms with Crippen molar-refractivity contribution in [2.24, 2.45) is 0 Å². The molecule has 0 aliphatic heterocycles. The summed E-state index contributed by atoms with van der Waals surface area (Å²) in [5.74, 6) is 0.856. The molecule has 0 atom stereocenters. The highest BCUT2D eigenvalue weighted by atomic mass is 32.2. The van der Waals surface area contributed by atoms with Crippen LogP contribution in [0.5, 0.6) is 0 Å². The predicted molar refractivity (Wildman–Crippen MR) is 76.4 cm³/mol. The SMILES string of the molecule is CC(=O)SCCC=Cc1ccc2ncsc2c1. The number of fused-ring (bicyclic) bond motifs is 1. The zero-order valence-electron chi connectivity index (χ0n) is 9.55. The molecular weight excluding hydrogens is 250 g/mol. The van der Waals surface area contributed by atoms with E-state index in [1.54, 1.807) is 18.3 Å². The van der Waals surface area contributed by atoms with Crippen LogP contribution in [-0.2, 0) is 4.79 Å². The monoisotopic (exact) mass is 263 g/mol. The van der Waals surface area contributed by atoms with Gasteiger partial charge < -0.3 is 0 Å². The average molecular weight is 263 g/mol. The summed E-state index contributed by atoms with van der Waals surface area (Å²) in [4.78, 5) is 15.0. The molecule has 0 bridgehead atoms. The highest BCUT2D eigenvalue weighted by molar-refractivity contribution is 8.13. The molecule has 0 amide bonds. The highest BCUT2D eigenvalue weighted by Crippen LogP contribution is 2.19. The summed E-state index contributed by atoms with van der Waals surface area (Å²) in [6.45, 7) is 1.60. The van der Waals surface area contributed by atoms with Gasteiger partial charge in [0, 0.05) is 12.7 Å². The van der Waals surface area contributed by atoms with Crippen LogP contribution in [0.4, 0.5) is 0 Å². The fourth-order valence-electron chi connectivity index (χ4n) is 1.47. The number of hydrogen-bond acceptors (Lipinski definition) is 4. The number of aromatic nitrogens is 1. The fraction of sp³-hybridized carbons (Fsp3) is 0.231. The maximum atomic E-state index is 10.7. The molecule has 17 heavy (non-hydrogen) atoms. The Balaban J connectivity index is 1.93. The summed E-state index contributed by atoms with van der Waals surface area (Å²) in [7, 11) is 0. The Bertz CT molecular complexity index is 545. The van der Waals surface area contributed by atoms with Crippen molar-refractivity contribution in [2.45, 2.75) is 13.3 Å². The minimum atomic E-state index is 0.185. The summed E-state index contributed by atoms with van der Waals surface area (Å²) in [5, 5.41) is 0.185. The lowest BCUT2D eigenvalue weighted by Gasteiger charge is -1.94. The molecule has 0 saturated carbocycles. The van der Waals surface area contributed by atoms with E-state index in [4.69, 9.17) is 0 Å². The molecule has 1 aromatic carbocycles. The number of allylic oxidation sites excluding steroid dienone is 1. The van der Waals surface area contributed by atoms with Crippen molar-refractivity contribution in [3.05, 3.63) is 35.3 Å². The second-order valence-electron chi connectivity index (χ2n) is 3.61. The summed E-state index contributed by atoms with van der Waals surface area (Å²) in [6, 6.07) is 6.24. The number of hydrogen-bond donors (Lipinski definition) is 0. The quantitative estimate of drug-likeness (QED) is 0.782. The van der Waals surface area contributed by atoms with Gasteiger partial charge in [-0.2, -0.15) is 0 Å². The van der Waals surface area contributed by atoms with Crippen LogP contribution in [0.15, 0.2) is 29.8 Å². The van der Waals surface area contributed by atoms with Crippen LogP contribution >= 0.6 is 23.1 Å². The molecule has 0 aliphatic carbocycles. The molecule has 2 aromatic rings. The first-order valence-corrected chi connectivity index (χ1v) is 7.25. The van der Waals surface area contributed by atoms with E-state index >= 15 is 0 Å². The molecule has 0 saturated heterocycles. The third kappa shape index (κ3) is 3.68. The molecule has 0 unspecified atom stereocenters. The smallest absolute Gasteiger partial charge is 0.185 e. The van der Waals surface area contributed by atoms with Gasteiger partial charge in [-0.15, -0.1) is 11.3 Å². The number of carbonyl (C=O) groups excluding carboxylic acids is 1. The first kappa shape index (κ1) is 12.3. The van der Waals surface area contributed by atoms with Gasteiger partial charge in [0.1, 0.15) is 0 Å². The van der Waals surface area contributed by atoms with Crippen LogP contribution in [0.25, 0.3) is 16.3 Å². The van der Waals surface area contributed by atoms with Gasteiger partial charge in [-0.05, 0) is 24.1 Å². The van der Waals surface area contributed by atoms with Gasteiger partial charge >= 0.3 is 0 Å². The average Bonchev–Trinajstić information content (AvgIpc) is 2.75. The lowest BCUT2D eigenvalue weighted by Crippen LogP contribution is -1.83. The van der Waals surface area contributed by atoms with Gasteiger partial charge in [0.2, 0.25) is 0 Å². The van der Waals surface area contributed by atoms with Crippen LogP contribution in [0.1, 0.15) is 18.9 Å². The first-order valence-electron chi connectivity index (χ1n) is 5.39. The van der Waals surface area contributed by atoms with Gasteiger partial charge in [-0.25, -0.2) is 4.98 Å². The van der Waals surface area contributed by atoms with Gasteiger partial charge in [0.15, 0.2) is 5.12 Å². The maximum Gasteiger partial charge on any atom is 0.185 e. The maximum absolute atomic E-state index is 10.7. The normalized spacial score (nSPS) is 11.4. The molecule has 0 N–H and O–H groups in total. The van der Waals surface area contributed by atoms with Crippen LogP contribution in [-0.4, -0.2) is 15.9 Å². The van der Waals surface area contributed by atoms with Crippen LogP contribution < -0.4 is 0 Å². The molecule has 0 spiro atoms. The summed E-state index contributed by atoms with van der Waals surface area (Å²) in [5.41, 5.74) is 4.11. The van der Waals surface area contributed by atoms with Crippen molar-refractivity contribution in [3.8, 4) is 0 Å². The number of thiazole rings is 1. The summed E-state index contributed by atoms with van der Waals surface area (Å²) < 4.78 is 1.21. The Morgan fingerprint density at radius 3 is 3.24 bits per heavy atom. The fourth-order valence-corrected chi connectivity index (χ4v) is 2.73. The van der Waals surface area contributed by atoms with Gasteiger partial charge in [0.25, 0.3) is 0 Å². The molecule has 0 aliphatic rings. The lowest BCUT2D eigenvalue weighted by molar-refractivity contribution is -0.109. The Labute approximate surface area is 109 Å². The number of rotatable bonds is 4. The van der Waals surface area contributed by atoms with E-state index in [2.05, 4.69) is 29.3 Å². The van der Waals surface area contributed by atoms with Crippen molar-refractivity contribution in [2.75, 3.05) is 5.75 Å². The first-order chi connectivity index (χ1) is 8.25. The number of carbonyl (C=O) groups is 1. The van der Waals surface area contributed by atoms with Crippen LogP contribution in [0, 0.1) is 0 Å². The summed E-state index contributed by atoms with van der Waals surface area (Å²) in [6.07, 6.45) is 5.13. The van der Waals surface area contributed by atoms with E-state index in [1.165, 1.54) is 22.0 Å². The largest absolute Gasteiger partial charge is 0.288 e. The molecule has 0 fully saturated rings. The van der Waals surface area contributed by atoms with Gasteiger partial charge in [-0.1, -0.05) is 30.0 Å². The summed E-state index contributed by atoms with van der Waals surface area (Å²) >= 11 is 3.03. The molecule has 2 nitrogen and oxygen atoms in total. The van der Waals surface area contributed by atoms with E-state index in [0.717, 1.165) is 17.7 Å². The third-order valence-electron chi connectivity index (χ3n) is 2.26. The van der Waals surface area contributed by atoms with Crippen molar-refractivity contribution >= 4 is 44.5 Å². The Morgan fingerprint density at radius 1 is 1.53 bits per heavy atom. The second kappa shape index (κ2) is 5.98. The van der Waals surface area contributed by atoms with Gasteiger partial charge in [-0.3, -0.25) is 4.79 Å². The van der Waals surface area contributed by atoms with E-state index in [9.17, 15) is 4.79 Å². The van der Waals surface area contributed by atoms with Crippen molar-refractivity contribution in [1.29, 1.82) is 0 Å². The van der Waals surface area contributed by atoms with Crippen molar-refractivity contribution < 1.29 is 4.79 Å². The van der Waals surface area contributed by atoms with Crippen LogP contribution in [0.2, 0.25) is 0 Å². The molecule has 0 radical (unpaired) electrons. The molecule has 2 rings (SSSR count). The molecule has 1 aromatic heterocycles. The van der Waals surface area contributed by atoms with Crippen molar-refractivity contribution in [1.82, 2.24) is 4.98 Å². The highest BCUT2D eigenvalue weighted by Gasteiger charge is 1.96. The zero-order chi connectivity index (χ0) is 12.1. The second-order valence-corrected chi connectivity index (χ2v) is 5.77. The van der Waals surface area contributed by atoms with E-state index in [-0.39, 0.29) is 5.12 Å². The van der Waals surface area contributed by atoms with Crippen LogP contribution in [0.3, 0.4) is 0 Å². The van der Waals surface area contributed by atoms with E-state index in [0.29, 0.717) is 0 Å². The predicted octanol–water partition coefficient (Wildman–Crippen LogP) is 3.98. The van der Waals surface area contributed by atoms with E-state index in [1.807, 2.05) is 11.6 Å². The molecule has 4 heteroatoms. The molecule has 1 heterocycles. The minimum Gasteiger partial charge on any atom is -0.288 e. The molecular formula is C13H13NOS2. The Hall–Kier alpha value is -1.13. The molecule has 88 valence electrons. The van der Waals surface area contributed by atoms with Gasteiger partial charge in [0.05, 0.1) is 15.7 Å². The third-order valence-corrected chi connectivity index (χ3v) is 3.89. The lowest BCUT2D eigenvalue weighted by atomic mass is 10.2. The topological polar surface area (TPSA) is 30.0 Å². The number of benzene rings is 1. The standard InChI is InChI=1S/C13H13NOS2/c1-10(15)16-7-3-2-4-11-5-6-12-13(8-11)17-9-14-12/h2,4-6,8-9H,3,7H2,1H3. The number of nitrogens with zero attached hydrogens (tertiary/aromatic N) is 1. The Kier molecular flexibility index (Phi) is 4.34. The zero-order valence-corrected chi connectivity index (χ0v) is 11.2. The van der Waals surface area contributed by atoms with Crippen molar-refractivity contribution in [3.63, 3.8) is 0 Å². The van der Waals surface area contributed by atoms with E-state index < -0.39 is 0 Å². The number of thioether (sulfide) groups is 1. The Morgan fingerprint density at radius 2 is 2.41 bits per heavy atom. The minimum absolute atomic E-state index is 0.185.